The van der Waals surface area contributed by atoms with Gasteiger partial charge in [0.2, 0.25) is 0 Å². The lowest BCUT2D eigenvalue weighted by Gasteiger charge is -2.03. The van der Waals surface area contributed by atoms with Crippen LogP contribution in [-0.2, 0) is 14.1 Å². The van der Waals surface area contributed by atoms with Crippen molar-refractivity contribution < 1.29 is 0 Å². The number of anilines is 1. The zero-order valence-corrected chi connectivity index (χ0v) is 12.1. The molecule has 0 fully saturated rings. The summed E-state index contributed by atoms with van der Waals surface area (Å²) in [7, 11) is 3.83. The molecular formula is C11H18N6S. The van der Waals surface area contributed by atoms with Gasteiger partial charge < -0.3 is 10.3 Å². The van der Waals surface area contributed by atoms with Gasteiger partial charge in [0.15, 0.2) is 5.16 Å². The van der Waals surface area contributed by atoms with Crippen LogP contribution in [0.1, 0.15) is 31.3 Å². The van der Waals surface area contributed by atoms with Crippen LogP contribution in [0.3, 0.4) is 0 Å². The molecular weight excluding hydrogens is 248 g/mol. The second-order valence-electron chi connectivity index (χ2n) is 4.57. The zero-order valence-electron chi connectivity index (χ0n) is 11.3. The molecule has 7 heteroatoms. The highest BCUT2D eigenvalue weighted by Gasteiger charge is 2.19. The monoisotopic (exact) mass is 266 g/mol. The third-order valence-corrected chi connectivity index (χ3v) is 4.06. The van der Waals surface area contributed by atoms with Crippen LogP contribution in [0.5, 0.6) is 0 Å². The quantitative estimate of drug-likeness (QED) is 0.915. The maximum atomic E-state index is 6.15. The van der Waals surface area contributed by atoms with Gasteiger partial charge in [-0.15, -0.1) is 10.2 Å². The molecule has 0 radical (unpaired) electrons. The Morgan fingerprint density at radius 3 is 2.33 bits per heavy atom. The van der Waals surface area contributed by atoms with Crippen molar-refractivity contribution in [2.75, 3.05) is 5.73 Å². The molecule has 0 saturated carbocycles. The van der Waals surface area contributed by atoms with Gasteiger partial charge in [0.05, 0.1) is 11.4 Å². The Kier molecular flexibility index (Phi) is 3.34. The summed E-state index contributed by atoms with van der Waals surface area (Å²) < 4.78 is 3.74. The Morgan fingerprint density at radius 1 is 1.22 bits per heavy atom. The Labute approximate surface area is 111 Å². The van der Waals surface area contributed by atoms with Gasteiger partial charge >= 0.3 is 0 Å². The molecule has 98 valence electrons. The van der Waals surface area contributed by atoms with Crippen molar-refractivity contribution in [2.24, 2.45) is 14.1 Å². The minimum Gasteiger partial charge on any atom is -0.395 e. The van der Waals surface area contributed by atoms with Crippen molar-refractivity contribution in [1.82, 2.24) is 24.5 Å². The lowest BCUT2D eigenvalue weighted by molar-refractivity contribution is 0.668. The van der Waals surface area contributed by atoms with Crippen LogP contribution in [0.15, 0.2) is 10.2 Å². The van der Waals surface area contributed by atoms with Crippen LogP contribution < -0.4 is 5.73 Å². The fourth-order valence-electron chi connectivity index (χ4n) is 1.66. The van der Waals surface area contributed by atoms with Gasteiger partial charge in [-0.25, -0.2) is 0 Å². The minimum absolute atomic E-state index is 0.312. The van der Waals surface area contributed by atoms with E-state index in [1.165, 1.54) is 11.8 Å². The highest BCUT2D eigenvalue weighted by Crippen LogP contribution is 2.34. The summed E-state index contributed by atoms with van der Waals surface area (Å²) in [6.07, 6.45) is 0. The molecule has 18 heavy (non-hydrogen) atoms. The molecule has 2 rings (SSSR count). The molecule has 0 aromatic carbocycles. The van der Waals surface area contributed by atoms with E-state index in [0.717, 1.165) is 27.4 Å². The van der Waals surface area contributed by atoms with Crippen LogP contribution in [0.4, 0.5) is 5.69 Å². The molecule has 0 bridgehead atoms. The van der Waals surface area contributed by atoms with E-state index in [1.54, 1.807) is 4.68 Å². The van der Waals surface area contributed by atoms with Crippen molar-refractivity contribution in [3.63, 3.8) is 0 Å². The Morgan fingerprint density at radius 2 is 1.89 bits per heavy atom. The molecule has 0 spiro atoms. The fourth-order valence-corrected chi connectivity index (χ4v) is 2.57. The summed E-state index contributed by atoms with van der Waals surface area (Å²) in [5.74, 6) is 1.19. The van der Waals surface area contributed by atoms with Crippen LogP contribution in [0, 0.1) is 6.92 Å². The maximum absolute atomic E-state index is 6.15. The summed E-state index contributed by atoms with van der Waals surface area (Å²) >= 11 is 1.49. The van der Waals surface area contributed by atoms with Gasteiger partial charge in [-0.1, -0.05) is 13.8 Å². The SMILES string of the molecule is Cc1nnc(Sc2c(N)c(C(C)C)nn2C)n1C. The molecule has 2 heterocycles. The second-order valence-corrected chi connectivity index (χ2v) is 5.53. The van der Waals surface area contributed by atoms with E-state index in [9.17, 15) is 0 Å². The van der Waals surface area contributed by atoms with Gasteiger partial charge in [0, 0.05) is 14.1 Å². The van der Waals surface area contributed by atoms with Gasteiger partial charge in [-0.3, -0.25) is 4.68 Å². The fraction of sp³-hybridized carbons (Fsp3) is 0.545. The first-order valence-electron chi connectivity index (χ1n) is 5.78. The normalized spacial score (nSPS) is 11.4. The van der Waals surface area contributed by atoms with Crippen LogP contribution in [-0.4, -0.2) is 24.5 Å². The van der Waals surface area contributed by atoms with E-state index in [2.05, 4.69) is 29.1 Å². The molecule has 0 aliphatic rings. The van der Waals surface area contributed by atoms with Crippen LogP contribution in [0.2, 0.25) is 0 Å². The molecule has 2 N–H and O–H groups in total. The smallest absolute Gasteiger partial charge is 0.197 e. The molecule has 0 atom stereocenters. The Hall–Kier alpha value is -1.50. The molecule has 0 aliphatic carbocycles. The molecule has 0 saturated heterocycles. The number of hydrogen-bond acceptors (Lipinski definition) is 5. The van der Waals surface area contributed by atoms with E-state index < -0.39 is 0 Å². The van der Waals surface area contributed by atoms with Crippen molar-refractivity contribution in [3.05, 3.63) is 11.5 Å². The molecule has 6 nitrogen and oxygen atoms in total. The van der Waals surface area contributed by atoms with Crippen molar-refractivity contribution >= 4 is 17.4 Å². The van der Waals surface area contributed by atoms with Gasteiger partial charge in [-0.05, 0) is 24.6 Å². The first kappa shape index (κ1) is 12.9. The molecule has 0 aliphatic heterocycles. The Balaban J connectivity index is 2.38. The summed E-state index contributed by atoms with van der Waals surface area (Å²) in [6.45, 7) is 6.09. The van der Waals surface area contributed by atoms with E-state index in [-0.39, 0.29) is 0 Å². The second kappa shape index (κ2) is 4.64. The average Bonchev–Trinajstić information content (AvgIpc) is 2.76. The summed E-state index contributed by atoms with van der Waals surface area (Å²) in [5, 5.41) is 14.3. The lowest BCUT2D eigenvalue weighted by atomic mass is 10.1. The zero-order chi connectivity index (χ0) is 13.4. The number of hydrogen-bond donors (Lipinski definition) is 1. The number of aromatic nitrogens is 5. The molecule has 2 aromatic heterocycles. The average molecular weight is 266 g/mol. The molecule has 0 amide bonds. The summed E-state index contributed by atoms with van der Waals surface area (Å²) in [4.78, 5) is 0. The highest BCUT2D eigenvalue weighted by atomic mass is 32.2. The predicted octanol–water partition coefficient (Wildman–Crippen LogP) is 1.71. The van der Waals surface area contributed by atoms with Gasteiger partial charge in [0.1, 0.15) is 10.9 Å². The Bertz CT molecular complexity index is 568. The van der Waals surface area contributed by atoms with E-state index in [0.29, 0.717) is 5.92 Å². The van der Waals surface area contributed by atoms with E-state index in [1.807, 2.05) is 25.6 Å². The van der Waals surface area contributed by atoms with E-state index >= 15 is 0 Å². The van der Waals surface area contributed by atoms with E-state index in [4.69, 9.17) is 5.73 Å². The summed E-state index contributed by atoms with van der Waals surface area (Å²) in [5.41, 5.74) is 7.81. The number of rotatable bonds is 3. The van der Waals surface area contributed by atoms with Crippen molar-refractivity contribution in [1.29, 1.82) is 0 Å². The first-order chi connectivity index (χ1) is 8.41. The number of nitrogens with zero attached hydrogens (tertiary/aromatic N) is 5. The number of nitrogens with two attached hydrogens (primary N) is 1. The standard InChI is InChI=1S/C11H18N6S/c1-6(2)9-8(12)10(17(5)15-9)18-11-14-13-7(3)16(11)4/h6H,12H2,1-5H3. The number of nitrogen functional groups attached to an aromatic ring is 1. The third-order valence-electron chi connectivity index (χ3n) is 2.85. The summed E-state index contributed by atoms with van der Waals surface area (Å²) in [6, 6.07) is 0. The first-order valence-corrected chi connectivity index (χ1v) is 6.59. The lowest BCUT2D eigenvalue weighted by Crippen LogP contribution is -1.97. The number of aryl methyl sites for hydroxylation is 2. The van der Waals surface area contributed by atoms with Crippen molar-refractivity contribution in [3.8, 4) is 0 Å². The van der Waals surface area contributed by atoms with Gasteiger partial charge in [0.25, 0.3) is 0 Å². The van der Waals surface area contributed by atoms with Gasteiger partial charge in [-0.2, -0.15) is 5.10 Å². The van der Waals surface area contributed by atoms with Crippen LogP contribution in [0.25, 0.3) is 0 Å². The van der Waals surface area contributed by atoms with Crippen molar-refractivity contribution in [2.45, 2.75) is 36.9 Å². The molecule has 0 unspecified atom stereocenters. The molecule has 2 aromatic rings. The predicted molar refractivity (Wildman–Crippen MR) is 71.6 cm³/mol. The maximum Gasteiger partial charge on any atom is 0.197 e. The topological polar surface area (TPSA) is 74.6 Å². The van der Waals surface area contributed by atoms with Crippen LogP contribution >= 0.6 is 11.8 Å². The largest absolute Gasteiger partial charge is 0.395 e. The third kappa shape index (κ3) is 2.10. The minimum atomic E-state index is 0.312. The highest BCUT2D eigenvalue weighted by molar-refractivity contribution is 7.99.